The molecular weight excluding hydrogens is 268 g/mol. The third-order valence-corrected chi connectivity index (χ3v) is 3.43. The first-order valence-corrected chi connectivity index (χ1v) is 7.64. The summed E-state index contributed by atoms with van der Waals surface area (Å²) in [7, 11) is 3.78. The second-order valence-corrected chi connectivity index (χ2v) is 6.93. The maximum atomic E-state index is 12.1. The maximum Gasteiger partial charge on any atom is 0.236 e. The van der Waals surface area contributed by atoms with Gasteiger partial charge in [0.15, 0.2) is 0 Å². The Bertz CT molecular complexity index is 355. The van der Waals surface area contributed by atoms with Gasteiger partial charge in [-0.25, -0.2) is 0 Å². The molecule has 1 rings (SSSR count). The van der Waals surface area contributed by atoms with E-state index in [2.05, 4.69) is 26.1 Å². The standard InChI is InChI=1S/C15H30N4O2/c1-15(2,3)16-7-6-13(20)18-8-10-19(11-9-18)14(21)12-17(4)5/h16H,6-12H2,1-5H3. The van der Waals surface area contributed by atoms with Gasteiger partial charge < -0.3 is 20.0 Å². The van der Waals surface area contributed by atoms with Crippen molar-refractivity contribution in [3.8, 4) is 0 Å². The SMILES string of the molecule is CN(C)CC(=O)N1CCN(C(=O)CCNC(C)(C)C)CC1. The van der Waals surface area contributed by atoms with Crippen molar-refractivity contribution < 1.29 is 9.59 Å². The van der Waals surface area contributed by atoms with Crippen LogP contribution in [0.1, 0.15) is 27.2 Å². The van der Waals surface area contributed by atoms with Crippen LogP contribution in [0.5, 0.6) is 0 Å². The molecule has 1 aliphatic heterocycles. The number of piperazine rings is 1. The molecular formula is C15H30N4O2. The van der Waals surface area contributed by atoms with Crippen LogP contribution in [0.3, 0.4) is 0 Å². The fourth-order valence-corrected chi connectivity index (χ4v) is 2.28. The Morgan fingerprint density at radius 1 is 1.00 bits per heavy atom. The molecule has 2 amide bonds. The molecule has 0 saturated carbocycles. The van der Waals surface area contributed by atoms with Crippen LogP contribution in [-0.4, -0.2) is 85.4 Å². The number of likely N-dealkylation sites (N-methyl/N-ethyl adjacent to an activating group) is 1. The average Bonchev–Trinajstić information content (AvgIpc) is 2.36. The highest BCUT2D eigenvalue weighted by Crippen LogP contribution is 2.05. The van der Waals surface area contributed by atoms with E-state index in [0.717, 1.165) is 0 Å². The Hall–Kier alpha value is -1.14. The Labute approximate surface area is 128 Å². The molecule has 1 saturated heterocycles. The maximum absolute atomic E-state index is 12.1. The Kier molecular flexibility index (Phi) is 6.61. The highest BCUT2D eigenvalue weighted by molar-refractivity contribution is 5.79. The normalized spacial score (nSPS) is 16.5. The van der Waals surface area contributed by atoms with Crippen molar-refractivity contribution in [3.05, 3.63) is 0 Å². The summed E-state index contributed by atoms with van der Waals surface area (Å²) in [5.74, 6) is 0.313. The first-order chi connectivity index (χ1) is 9.69. The van der Waals surface area contributed by atoms with E-state index in [1.54, 1.807) is 0 Å². The predicted octanol–water partition coefficient (Wildman–Crippen LogP) is -0.00300. The van der Waals surface area contributed by atoms with E-state index in [1.807, 2.05) is 28.8 Å². The number of rotatable bonds is 5. The summed E-state index contributed by atoms with van der Waals surface area (Å²) in [6.07, 6.45) is 0.517. The van der Waals surface area contributed by atoms with Crippen LogP contribution < -0.4 is 5.32 Å². The van der Waals surface area contributed by atoms with Gasteiger partial charge >= 0.3 is 0 Å². The zero-order chi connectivity index (χ0) is 16.0. The van der Waals surface area contributed by atoms with Gasteiger partial charge in [0.05, 0.1) is 6.54 Å². The molecule has 122 valence electrons. The van der Waals surface area contributed by atoms with Crippen molar-refractivity contribution >= 4 is 11.8 Å². The fourth-order valence-electron chi connectivity index (χ4n) is 2.28. The molecule has 0 aromatic rings. The van der Waals surface area contributed by atoms with Crippen LogP contribution in [0, 0.1) is 0 Å². The minimum absolute atomic E-state index is 0.0393. The van der Waals surface area contributed by atoms with Gasteiger partial charge in [-0.3, -0.25) is 9.59 Å². The lowest BCUT2D eigenvalue weighted by Gasteiger charge is -2.35. The first-order valence-electron chi connectivity index (χ1n) is 7.64. The molecule has 0 radical (unpaired) electrons. The van der Waals surface area contributed by atoms with Gasteiger partial charge in [0.1, 0.15) is 0 Å². The summed E-state index contributed by atoms with van der Waals surface area (Å²) in [6.45, 7) is 9.98. The number of hydrogen-bond acceptors (Lipinski definition) is 4. The molecule has 6 heteroatoms. The van der Waals surface area contributed by atoms with Gasteiger partial charge in [-0.2, -0.15) is 0 Å². The second kappa shape index (κ2) is 7.75. The van der Waals surface area contributed by atoms with E-state index in [9.17, 15) is 9.59 Å². The molecule has 0 atom stereocenters. The molecule has 0 spiro atoms. The number of amides is 2. The molecule has 1 fully saturated rings. The second-order valence-electron chi connectivity index (χ2n) is 6.93. The number of carbonyl (C=O) groups excluding carboxylic acids is 2. The summed E-state index contributed by atoms with van der Waals surface area (Å²) in [5, 5.41) is 3.32. The number of carbonyl (C=O) groups is 2. The minimum Gasteiger partial charge on any atom is -0.339 e. The van der Waals surface area contributed by atoms with Gasteiger partial charge in [-0.05, 0) is 34.9 Å². The highest BCUT2D eigenvalue weighted by atomic mass is 16.2. The topological polar surface area (TPSA) is 55.9 Å². The Balaban J connectivity index is 2.29. The molecule has 0 unspecified atom stereocenters. The van der Waals surface area contributed by atoms with Crippen molar-refractivity contribution in [2.45, 2.75) is 32.7 Å². The van der Waals surface area contributed by atoms with E-state index in [0.29, 0.717) is 45.7 Å². The van der Waals surface area contributed by atoms with Crippen LogP contribution >= 0.6 is 0 Å². The smallest absolute Gasteiger partial charge is 0.236 e. The van der Waals surface area contributed by atoms with Crippen molar-refractivity contribution in [2.24, 2.45) is 0 Å². The molecule has 0 aromatic heterocycles. The van der Waals surface area contributed by atoms with E-state index >= 15 is 0 Å². The van der Waals surface area contributed by atoms with Gasteiger partial charge in [0, 0.05) is 44.7 Å². The third kappa shape index (κ3) is 6.91. The summed E-state index contributed by atoms with van der Waals surface area (Å²) in [5.41, 5.74) is 0.0393. The monoisotopic (exact) mass is 298 g/mol. The van der Waals surface area contributed by atoms with Crippen molar-refractivity contribution in [1.29, 1.82) is 0 Å². The van der Waals surface area contributed by atoms with E-state index in [1.165, 1.54) is 0 Å². The van der Waals surface area contributed by atoms with E-state index in [4.69, 9.17) is 0 Å². The van der Waals surface area contributed by atoms with Crippen molar-refractivity contribution in [2.75, 3.05) is 53.4 Å². The van der Waals surface area contributed by atoms with Crippen LogP contribution in [0.4, 0.5) is 0 Å². The zero-order valence-electron chi connectivity index (χ0n) is 14.1. The lowest BCUT2D eigenvalue weighted by atomic mass is 10.1. The summed E-state index contributed by atoms with van der Waals surface area (Å²) in [6, 6.07) is 0. The van der Waals surface area contributed by atoms with Gasteiger partial charge in [0.25, 0.3) is 0 Å². The largest absolute Gasteiger partial charge is 0.339 e. The molecule has 1 heterocycles. The van der Waals surface area contributed by atoms with E-state index < -0.39 is 0 Å². The summed E-state index contributed by atoms with van der Waals surface area (Å²) in [4.78, 5) is 29.6. The summed E-state index contributed by atoms with van der Waals surface area (Å²) < 4.78 is 0. The van der Waals surface area contributed by atoms with Crippen LogP contribution in [-0.2, 0) is 9.59 Å². The number of nitrogens with zero attached hydrogens (tertiary/aromatic N) is 3. The van der Waals surface area contributed by atoms with Crippen molar-refractivity contribution in [1.82, 2.24) is 20.0 Å². The van der Waals surface area contributed by atoms with Crippen molar-refractivity contribution in [3.63, 3.8) is 0 Å². The van der Waals surface area contributed by atoms with Gasteiger partial charge in [-0.1, -0.05) is 0 Å². The third-order valence-electron chi connectivity index (χ3n) is 3.43. The lowest BCUT2D eigenvalue weighted by molar-refractivity contribution is -0.139. The van der Waals surface area contributed by atoms with E-state index in [-0.39, 0.29) is 17.4 Å². The molecule has 21 heavy (non-hydrogen) atoms. The van der Waals surface area contributed by atoms with Crippen LogP contribution in [0.15, 0.2) is 0 Å². The molecule has 6 nitrogen and oxygen atoms in total. The number of hydrogen-bond donors (Lipinski definition) is 1. The Morgan fingerprint density at radius 3 is 1.90 bits per heavy atom. The zero-order valence-corrected chi connectivity index (χ0v) is 14.1. The molecule has 1 aliphatic rings. The lowest BCUT2D eigenvalue weighted by Crippen LogP contribution is -2.52. The molecule has 0 aromatic carbocycles. The average molecular weight is 298 g/mol. The first kappa shape index (κ1) is 17.9. The summed E-state index contributed by atoms with van der Waals surface area (Å²) >= 11 is 0. The van der Waals surface area contributed by atoms with Crippen LogP contribution in [0.2, 0.25) is 0 Å². The highest BCUT2D eigenvalue weighted by Gasteiger charge is 2.24. The fraction of sp³-hybridized carbons (Fsp3) is 0.867. The molecule has 1 N–H and O–H groups in total. The predicted molar refractivity (Wildman–Crippen MR) is 84.1 cm³/mol. The minimum atomic E-state index is 0.0393. The molecule has 0 bridgehead atoms. The van der Waals surface area contributed by atoms with Crippen LogP contribution in [0.25, 0.3) is 0 Å². The number of nitrogens with one attached hydrogen (secondary N) is 1. The molecule has 0 aliphatic carbocycles. The Morgan fingerprint density at radius 2 is 1.48 bits per heavy atom. The van der Waals surface area contributed by atoms with Gasteiger partial charge in [0.2, 0.25) is 11.8 Å². The quantitative estimate of drug-likeness (QED) is 0.776. The van der Waals surface area contributed by atoms with Gasteiger partial charge in [-0.15, -0.1) is 0 Å².